The normalized spacial score (nSPS) is 13.5. The summed E-state index contributed by atoms with van der Waals surface area (Å²) in [5.41, 5.74) is 7.38. The highest BCUT2D eigenvalue weighted by Gasteiger charge is 2.28. The van der Waals surface area contributed by atoms with Crippen molar-refractivity contribution in [3.63, 3.8) is 0 Å². The number of pyridine rings is 1. The summed E-state index contributed by atoms with van der Waals surface area (Å²) in [7, 11) is 0. The van der Waals surface area contributed by atoms with Gasteiger partial charge in [-0.05, 0) is 72.9 Å². The van der Waals surface area contributed by atoms with Gasteiger partial charge in [0.2, 0.25) is 5.91 Å². The number of aromatic nitrogens is 2. The highest BCUT2D eigenvalue weighted by atomic mass is 19.1. The van der Waals surface area contributed by atoms with Crippen LogP contribution >= 0.6 is 0 Å². The second-order valence-corrected chi connectivity index (χ2v) is 9.12. The number of carbonyl (C=O) groups is 2. The number of amides is 2. The van der Waals surface area contributed by atoms with E-state index in [1.165, 1.54) is 6.07 Å². The molecule has 0 fully saturated rings. The Kier molecular flexibility index (Phi) is 6.68. The third-order valence-electron chi connectivity index (χ3n) is 6.73. The highest BCUT2D eigenvalue weighted by Crippen LogP contribution is 2.41. The first kappa shape index (κ1) is 24.2. The number of H-pyrrole nitrogens is 1. The van der Waals surface area contributed by atoms with Gasteiger partial charge in [-0.2, -0.15) is 0 Å². The van der Waals surface area contributed by atoms with E-state index in [4.69, 9.17) is 0 Å². The number of benzene rings is 2. The summed E-state index contributed by atoms with van der Waals surface area (Å²) in [5.74, 6) is -0.663. The molecule has 186 valence electrons. The molecule has 0 spiro atoms. The molecule has 2 amide bonds. The Morgan fingerprint density at radius 3 is 2.57 bits per heavy atom. The lowest BCUT2D eigenvalue weighted by Gasteiger charge is -2.09. The lowest BCUT2D eigenvalue weighted by Crippen LogP contribution is -2.27. The SMILES string of the molecule is Cc1[nH]c(/C=C2\C(=O)Nc3cccc(-c4ccccc4F)c32)c(C)c1CC(=O)NCCc1ccncc1. The monoisotopic (exact) mass is 494 g/mol. The van der Waals surface area contributed by atoms with Crippen LogP contribution in [0, 0.1) is 19.7 Å². The maximum atomic E-state index is 14.7. The summed E-state index contributed by atoms with van der Waals surface area (Å²) in [5, 5.41) is 5.87. The van der Waals surface area contributed by atoms with E-state index in [1.807, 2.05) is 38.1 Å². The summed E-state index contributed by atoms with van der Waals surface area (Å²) in [6, 6.07) is 15.8. The van der Waals surface area contributed by atoms with Crippen LogP contribution in [0.4, 0.5) is 10.1 Å². The van der Waals surface area contributed by atoms with Gasteiger partial charge in [-0.1, -0.05) is 30.3 Å². The van der Waals surface area contributed by atoms with Gasteiger partial charge in [0.05, 0.1) is 12.0 Å². The van der Waals surface area contributed by atoms with Crippen molar-refractivity contribution < 1.29 is 14.0 Å². The molecule has 4 aromatic rings. The van der Waals surface area contributed by atoms with Crippen molar-refractivity contribution in [2.45, 2.75) is 26.7 Å². The molecule has 6 nitrogen and oxygen atoms in total. The Balaban J connectivity index is 1.40. The number of halogens is 1. The number of carbonyl (C=O) groups excluding carboxylic acids is 2. The average Bonchev–Trinajstić information content (AvgIpc) is 3.35. The number of nitrogens with one attached hydrogen (secondary N) is 3. The van der Waals surface area contributed by atoms with E-state index < -0.39 is 0 Å². The average molecular weight is 495 g/mol. The standard InChI is InChI=1S/C30H27FN4O2/c1-18-23(17-28(36)33-15-12-20-10-13-32-14-11-20)19(2)34-27(18)16-24-29-22(21-6-3-4-8-25(21)31)7-5-9-26(29)35-30(24)37/h3-11,13-14,16,34H,12,15,17H2,1-2H3,(H,33,36)(H,35,37)/b24-16-. The van der Waals surface area contributed by atoms with Crippen LogP contribution in [0.15, 0.2) is 67.0 Å². The van der Waals surface area contributed by atoms with Crippen molar-refractivity contribution in [2.75, 3.05) is 11.9 Å². The van der Waals surface area contributed by atoms with Crippen LogP contribution in [0.25, 0.3) is 22.8 Å². The second-order valence-electron chi connectivity index (χ2n) is 9.12. The molecule has 0 atom stereocenters. The van der Waals surface area contributed by atoms with E-state index in [0.29, 0.717) is 34.5 Å². The topological polar surface area (TPSA) is 86.9 Å². The van der Waals surface area contributed by atoms with Gasteiger partial charge in [-0.15, -0.1) is 0 Å². The first-order valence-electron chi connectivity index (χ1n) is 12.2. The van der Waals surface area contributed by atoms with Gasteiger partial charge in [0.1, 0.15) is 5.82 Å². The van der Waals surface area contributed by atoms with Crippen molar-refractivity contribution in [3.8, 4) is 11.1 Å². The summed E-state index contributed by atoms with van der Waals surface area (Å²) in [6.07, 6.45) is 6.23. The number of hydrogen-bond acceptors (Lipinski definition) is 3. The highest BCUT2D eigenvalue weighted by molar-refractivity contribution is 6.36. The molecule has 2 aromatic heterocycles. The van der Waals surface area contributed by atoms with Crippen LogP contribution < -0.4 is 10.6 Å². The lowest BCUT2D eigenvalue weighted by molar-refractivity contribution is -0.120. The second kappa shape index (κ2) is 10.2. The van der Waals surface area contributed by atoms with Crippen molar-refractivity contribution in [2.24, 2.45) is 0 Å². The van der Waals surface area contributed by atoms with Crippen molar-refractivity contribution in [1.29, 1.82) is 0 Å². The Labute approximate surface area is 214 Å². The maximum Gasteiger partial charge on any atom is 0.256 e. The molecule has 0 radical (unpaired) electrons. The van der Waals surface area contributed by atoms with E-state index in [9.17, 15) is 14.0 Å². The molecule has 0 aliphatic carbocycles. The fraction of sp³-hybridized carbons (Fsp3) is 0.167. The Morgan fingerprint density at radius 2 is 1.78 bits per heavy atom. The lowest BCUT2D eigenvalue weighted by atomic mass is 9.93. The Hall–Kier alpha value is -4.52. The van der Waals surface area contributed by atoms with Crippen LogP contribution in [0.3, 0.4) is 0 Å². The minimum absolute atomic E-state index is 0.0655. The summed E-state index contributed by atoms with van der Waals surface area (Å²) >= 11 is 0. The largest absolute Gasteiger partial charge is 0.359 e. The predicted octanol–water partition coefficient (Wildman–Crippen LogP) is 5.23. The van der Waals surface area contributed by atoms with Crippen molar-refractivity contribution >= 4 is 29.2 Å². The molecule has 1 aliphatic heterocycles. The molecule has 2 aromatic carbocycles. The Bertz CT molecular complexity index is 1520. The summed E-state index contributed by atoms with van der Waals surface area (Å²) in [6.45, 7) is 4.39. The number of fused-ring (bicyclic) bond motifs is 1. The Morgan fingerprint density at radius 1 is 1.03 bits per heavy atom. The number of rotatable bonds is 7. The number of nitrogens with zero attached hydrogens (tertiary/aromatic N) is 1. The molecule has 0 saturated heterocycles. The smallest absolute Gasteiger partial charge is 0.256 e. The van der Waals surface area contributed by atoms with E-state index >= 15 is 0 Å². The molecule has 0 bridgehead atoms. The molecule has 0 saturated carbocycles. The molecule has 1 aliphatic rings. The molecular weight excluding hydrogens is 467 g/mol. The van der Waals surface area contributed by atoms with Gasteiger partial charge in [0.15, 0.2) is 0 Å². The number of aromatic amines is 1. The van der Waals surface area contributed by atoms with E-state index in [-0.39, 0.29) is 24.1 Å². The molecule has 0 unspecified atom stereocenters. The minimum atomic E-state index is -0.348. The first-order valence-corrected chi connectivity index (χ1v) is 12.2. The molecule has 37 heavy (non-hydrogen) atoms. The summed E-state index contributed by atoms with van der Waals surface area (Å²) in [4.78, 5) is 33.0. The quantitative estimate of drug-likeness (QED) is 0.308. The number of anilines is 1. The summed E-state index contributed by atoms with van der Waals surface area (Å²) < 4.78 is 14.7. The van der Waals surface area contributed by atoms with Crippen LogP contribution in [0.5, 0.6) is 0 Å². The van der Waals surface area contributed by atoms with Crippen LogP contribution in [-0.4, -0.2) is 28.3 Å². The third-order valence-corrected chi connectivity index (χ3v) is 6.73. The predicted molar refractivity (Wildman–Crippen MR) is 143 cm³/mol. The van der Waals surface area contributed by atoms with Gasteiger partial charge >= 0.3 is 0 Å². The molecule has 7 heteroatoms. The zero-order chi connectivity index (χ0) is 25.9. The van der Waals surface area contributed by atoms with Gasteiger partial charge in [-0.25, -0.2) is 4.39 Å². The molecule has 3 N–H and O–H groups in total. The van der Waals surface area contributed by atoms with E-state index in [1.54, 1.807) is 42.7 Å². The van der Waals surface area contributed by atoms with E-state index in [2.05, 4.69) is 20.6 Å². The minimum Gasteiger partial charge on any atom is -0.359 e. The van der Waals surface area contributed by atoms with Crippen LogP contribution in [0.1, 0.15) is 33.6 Å². The maximum absolute atomic E-state index is 14.7. The van der Waals surface area contributed by atoms with Crippen LogP contribution in [-0.2, 0) is 22.4 Å². The van der Waals surface area contributed by atoms with Crippen LogP contribution in [0.2, 0.25) is 0 Å². The van der Waals surface area contributed by atoms with Gasteiger partial charge in [0.25, 0.3) is 5.91 Å². The zero-order valence-corrected chi connectivity index (χ0v) is 20.7. The fourth-order valence-corrected chi connectivity index (χ4v) is 4.78. The zero-order valence-electron chi connectivity index (χ0n) is 20.7. The molecular formula is C30H27FN4O2. The number of aryl methyl sites for hydroxylation is 1. The van der Waals surface area contributed by atoms with Gasteiger partial charge < -0.3 is 15.6 Å². The van der Waals surface area contributed by atoms with Gasteiger partial charge in [0, 0.05) is 47.1 Å². The van der Waals surface area contributed by atoms with Crippen molar-refractivity contribution in [3.05, 3.63) is 106 Å². The molecule has 3 heterocycles. The van der Waals surface area contributed by atoms with Crippen molar-refractivity contribution in [1.82, 2.24) is 15.3 Å². The van der Waals surface area contributed by atoms with E-state index in [0.717, 1.165) is 34.5 Å². The third kappa shape index (κ3) is 4.93. The van der Waals surface area contributed by atoms with Gasteiger partial charge in [-0.3, -0.25) is 14.6 Å². The number of hydrogen-bond donors (Lipinski definition) is 3. The fourth-order valence-electron chi connectivity index (χ4n) is 4.78. The first-order chi connectivity index (χ1) is 17.9. The molecule has 5 rings (SSSR count).